The highest BCUT2D eigenvalue weighted by Gasteiger charge is 2.26. The smallest absolute Gasteiger partial charge is 0.421 e. The highest BCUT2D eigenvalue weighted by atomic mass is 19.1. The number of hydrogen-bond acceptors (Lipinski definition) is 4. The van der Waals surface area contributed by atoms with E-state index in [1.807, 2.05) is 11.9 Å². The molecule has 1 saturated carbocycles. The van der Waals surface area contributed by atoms with Crippen LogP contribution < -0.4 is 5.73 Å². The summed E-state index contributed by atoms with van der Waals surface area (Å²) in [6.45, 7) is 5.52. The van der Waals surface area contributed by atoms with Crippen LogP contribution in [0.3, 0.4) is 0 Å². The lowest BCUT2D eigenvalue weighted by Crippen LogP contribution is -2.35. The molecular weight excluding hydrogens is 285 g/mol. The lowest BCUT2D eigenvalue weighted by Gasteiger charge is -2.24. The molecule has 5 nitrogen and oxygen atoms in total. The Labute approximate surface area is 133 Å². The van der Waals surface area contributed by atoms with Crippen LogP contribution in [0.25, 0.3) is 0 Å². The summed E-state index contributed by atoms with van der Waals surface area (Å²) in [4.78, 5) is 14.7. The average molecular weight is 313 g/mol. The monoisotopic (exact) mass is 313 g/mol. The van der Waals surface area contributed by atoms with Crippen molar-refractivity contribution in [1.29, 1.82) is 0 Å². The van der Waals surface area contributed by atoms with Crippen LogP contribution in [0.15, 0.2) is 0 Å². The van der Waals surface area contributed by atoms with Gasteiger partial charge in [0.15, 0.2) is 6.17 Å². The summed E-state index contributed by atoms with van der Waals surface area (Å²) in [7, 11) is 3.35. The first-order valence-electron chi connectivity index (χ1n) is 7.66. The lowest BCUT2D eigenvalue weighted by molar-refractivity contribution is 0.0386. The number of nitrogens with two attached hydrogens (primary N) is 1. The zero-order chi connectivity index (χ0) is 16.9. The maximum Gasteiger partial charge on any atom is 0.421 e. The van der Waals surface area contributed by atoms with E-state index in [0.29, 0.717) is 6.04 Å². The molecule has 6 heteroatoms. The summed E-state index contributed by atoms with van der Waals surface area (Å²) < 4.78 is 19.1. The number of rotatable bonds is 3. The zero-order valence-electron chi connectivity index (χ0n) is 14.2. The van der Waals surface area contributed by atoms with Gasteiger partial charge < -0.3 is 10.5 Å². The molecule has 0 heterocycles. The van der Waals surface area contributed by atoms with E-state index in [-0.39, 0.29) is 12.6 Å². The van der Waals surface area contributed by atoms with Gasteiger partial charge in [0.05, 0.1) is 0 Å². The Hall–Kier alpha value is -1.32. The highest BCUT2D eigenvalue weighted by Crippen LogP contribution is 2.22. The van der Waals surface area contributed by atoms with Crippen molar-refractivity contribution in [3.63, 3.8) is 0 Å². The van der Waals surface area contributed by atoms with Gasteiger partial charge in [-0.3, -0.25) is 4.90 Å². The Bertz CT molecular complexity index is 439. The molecule has 0 aromatic rings. The molecule has 0 aromatic carbocycles. The second-order valence-electron chi connectivity index (χ2n) is 6.93. The van der Waals surface area contributed by atoms with Crippen molar-refractivity contribution in [2.75, 3.05) is 20.6 Å². The Morgan fingerprint density at radius 1 is 1.41 bits per heavy atom. The van der Waals surface area contributed by atoms with E-state index in [2.05, 4.69) is 12.0 Å². The molecule has 0 aliphatic heterocycles. The van der Waals surface area contributed by atoms with Crippen molar-refractivity contribution in [1.82, 2.24) is 9.80 Å². The molecule has 1 rings (SSSR count). The van der Waals surface area contributed by atoms with Gasteiger partial charge in [0.1, 0.15) is 5.60 Å². The second-order valence-corrected chi connectivity index (χ2v) is 6.93. The van der Waals surface area contributed by atoms with Gasteiger partial charge in [0.2, 0.25) is 0 Å². The fourth-order valence-electron chi connectivity index (χ4n) is 2.38. The number of alkyl halides is 1. The molecule has 0 bridgehead atoms. The van der Waals surface area contributed by atoms with Crippen LogP contribution in [0.2, 0.25) is 0 Å². The minimum absolute atomic E-state index is 0.215. The maximum atomic E-state index is 13.9. The minimum atomic E-state index is -1.31. The van der Waals surface area contributed by atoms with Gasteiger partial charge in [-0.05, 0) is 53.0 Å². The van der Waals surface area contributed by atoms with E-state index in [1.165, 1.54) is 7.05 Å². The van der Waals surface area contributed by atoms with Crippen LogP contribution in [0, 0.1) is 12.0 Å². The summed E-state index contributed by atoms with van der Waals surface area (Å²) in [6, 6.07) is 3.03. The Kier molecular flexibility index (Phi) is 6.64. The van der Waals surface area contributed by atoms with Gasteiger partial charge in [0, 0.05) is 31.7 Å². The number of amides is 1. The van der Waals surface area contributed by atoms with Crippen LogP contribution in [0.1, 0.15) is 40.0 Å². The molecule has 0 radical (unpaired) electrons. The molecule has 1 amide bonds. The fourth-order valence-corrected chi connectivity index (χ4v) is 2.38. The SMILES string of the molecule is CN(C#CC(F)CN(C)C1CC[C@H](N)C1)C(=O)OC(C)(C)C. The van der Waals surface area contributed by atoms with Crippen molar-refractivity contribution in [2.24, 2.45) is 5.73 Å². The van der Waals surface area contributed by atoms with Crippen molar-refractivity contribution in [3.8, 4) is 12.0 Å². The molecule has 3 atom stereocenters. The minimum Gasteiger partial charge on any atom is -0.443 e. The normalized spacial score (nSPS) is 22.9. The Morgan fingerprint density at radius 2 is 2.05 bits per heavy atom. The summed E-state index contributed by atoms with van der Waals surface area (Å²) in [5.41, 5.74) is 5.28. The topological polar surface area (TPSA) is 58.8 Å². The van der Waals surface area contributed by atoms with Gasteiger partial charge >= 0.3 is 6.09 Å². The third-order valence-corrected chi connectivity index (χ3v) is 3.57. The van der Waals surface area contributed by atoms with Crippen LogP contribution in [-0.4, -0.2) is 60.4 Å². The Balaban J connectivity index is 2.44. The van der Waals surface area contributed by atoms with Crippen molar-refractivity contribution >= 4 is 6.09 Å². The number of hydrogen-bond donors (Lipinski definition) is 1. The number of nitrogens with zero attached hydrogens (tertiary/aromatic N) is 2. The first-order chi connectivity index (χ1) is 10.1. The van der Waals surface area contributed by atoms with E-state index in [0.717, 1.165) is 24.2 Å². The summed E-state index contributed by atoms with van der Waals surface area (Å²) in [6.07, 6.45) is 0.984. The lowest BCUT2D eigenvalue weighted by atomic mass is 10.2. The number of carbonyl (C=O) groups excluding carboxylic acids is 1. The molecule has 0 saturated heterocycles. The molecule has 0 aromatic heterocycles. The van der Waals surface area contributed by atoms with E-state index in [1.54, 1.807) is 20.8 Å². The fraction of sp³-hybridized carbons (Fsp3) is 0.812. The number of carbonyl (C=O) groups is 1. The van der Waals surface area contributed by atoms with E-state index in [4.69, 9.17) is 10.5 Å². The van der Waals surface area contributed by atoms with Gasteiger partial charge in [-0.2, -0.15) is 0 Å². The molecule has 1 aliphatic rings. The van der Waals surface area contributed by atoms with Crippen LogP contribution in [0.5, 0.6) is 0 Å². The first kappa shape index (κ1) is 18.7. The zero-order valence-corrected chi connectivity index (χ0v) is 14.2. The number of halogens is 1. The molecular formula is C16H28FN3O2. The van der Waals surface area contributed by atoms with E-state index in [9.17, 15) is 9.18 Å². The molecule has 2 unspecified atom stereocenters. The largest absolute Gasteiger partial charge is 0.443 e. The van der Waals surface area contributed by atoms with E-state index < -0.39 is 17.9 Å². The summed E-state index contributed by atoms with van der Waals surface area (Å²) in [5, 5.41) is 0. The highest BCUT2D eigenvalue weighted by molar-refractivity contribution is 5.69. The van der Waals surface area contributed by atoms with Crippen molar-refractivity contribution in [3.05, 3.63) is 0 Å². The van der Waals surface area contributed by atoms with Crippen molar-refractivity contribution in [2.45, 2.75) is 63.9 Å². The van der Waals surface area contributed by atoms with Crippen LogP contribution >= 0.6 is 0 Å². The van der Waals surface area contributed by atoms with E-state index >= 15 is 0 Å². The molecule has 126 valence electrons. The molecule has 1 aliphatic carbocycles. The maximum absolute atomic E-state index is 13.9. The summed E-state index contributed by atoms with van der Waals surface area (Å²) in [5.74, 6) is 2.45. The predicted molar refractivity (Wildman–Crippen MR) is 84.9 cm³/mol. The third kappa shape index (κ3) is 6.63. The molecule has 2 N–H and O–H groups in total. The summed E-state index contributed by atoms with van der Waals surface area (Å²) >= 11 is 0. The third-order valence-electron chi connectivity index (χ3n) is 3.57. The second kappa shape index (κ2) is 7.80. The van der Waals surface area contributed by atoms with Crippen molar-refractivity contribution < 1.29 is 13.9 Å². The standard InChI is InChI=1S/C16H28FN3O2/c1-16(2,3)22-15(21)19(4)9-8-12(17)11-20(5)14-7-6-13(18)10-14/h12-14H,6-7,10-11,18H2,1-5H3/t12?,13-,14?/m0/s1. The average Bonchev–Trinajstić information content (AvgIpc) is 2.80. The van der Waals surface area contributed by atoms with Gasteiger partial charge in [-0.25, -0.2) is 14.1 Å². The van der Waals surface area contributed by atoms with Crippen LogP contribution in [0.4, 0.5) is 9.18 Å². The van der Waals surface area contributed by atoms with Crippen LogP contribution in [-0.2, 0) is 4.74 Å². The first-order valence-corrected chi connectivity index (χ1v) is 7.66. The molecule has 22 heavy (non-hydrogen) atoms. The van der Waals surface area contributed by atoms with Gasteiger partial charge in [0.25, 0.3) is 0 Å². The molecule has 1 fully saturated rings. The Morgan fingerprint density at radius 3 is 2.55 bits per heavy atom. The number of ether oxygens (including phenoxy) is 1. The quantitative estimate of drug-likeness (QED) is 0.639. The van der Waals surface area contributed by atoms with Gasteiger partial charge in [-0.15, -0.1) is 0 Å². The predicted octanol–water partition coefficient (Wildman–Crippen LogP) is 1.96. The van der Waals surface area contributed by atoms with Gasteiger partial charge in [-0.1, -0.05) is 0 Å². The molecule has 0 spiro atoms.